The van der Waals surface area contributed by atoms with Crippen LogP contribution in [-0.2, 0) is 17.8 Å². The molecule has 1 aromatic heterocycles. The Morgan fingerprint density at radius 3 is 2.60 bits per heavy atom. The van der Waals surface area contributed by atoms with Gasteiger partial charge >= 0.3 is 0 Å². The smallest absolute Gasteiger partial charge is 0.194 e. The summed E-state index contributed by atoms with van der Waals surface area (Å²) in [5.74, 6) is 0.958. The molecule has 2 heterocycles. The second-order valence-corrected chi connectivity index (χ2v) is 7.87. The Morgan fingerprint density at radius 2 is 1.93 bits per heavy atom. The number of anilines is 1. The lowest BCUT2D eigenvalue weighted by Gasteiger charge is -2.38. The molecule has 1 N–H and O–H groups in total. The molecular weight excluding hydrogens is 400 g/mol. The third-order valence-corrected chi connectivity index (χ3v) is 5.85. The third-order valence-electron chi connectivity index (χ3n) is 5.53. The van der Waals surface area contributed by atoms with Crippen LogP contribution in [-0.4, -0.2) is 67.1 Å². The second kappa shape index (κ2) is 10.7. The summed E-state index contributed by atoms with van der Waals surface area (Å²) < 4.78 is 7.20. The van der Waals surface area contributed by atoms with Gasteiger partial charge in [0.25, 0.3) is 0 Å². The van der Waals surface area contributed by atoms with E-state index in [-0.39, 0.29) is 0 Å². The first-order valence-electron chi connectivity index (χ1n) is 10.6. The summed E-state index contributed by atoms with van der Waals surface area (Å²) in [5, 5.41) is 8.91. The van der Waals surface area contributed by atoms with Crippen LogP contribution in [0.15, 0.2) is 29.3 Å². The molecule has 0 spiro atoms. The van der Waals surface area contributed by atoms with Crippen LogP contribution < -0.4 is 10.2 Å². The summed E-state index contributed by atoms with van der Waals surface area (Å²) in [6.07, 6.45) is 0. The highest BCUT2D eigenvalue weighted by Crippen LogP contribution is 2.26. The molecule has 1 aromatic carbocycles. The van der Waals surface area contributed by atoms with Crippen molar-refractivity contribution >= 4 is 23.2 Å². The summed E-state index contributed by atoms with van der Waals surface area (Å²) in [6, 6.07) is 8.05. The van der Waals surface area contributed by atoms with E-state index >= 15 is 0 Å². The van der Waals surface area contributed by atoms with Crippen molar-refractivity contribution in [1.82, 2.24) is 20.0 Å². The molecule has 0 saturated carbocycles. The van der Waals surface area contributed by atoms with E-state index in [0.29, 0.717) is 13.2 Å². The molecule has 8 heteroatoms. The summed E-state index contributed by atoms with van der Waals surface area (Å²) >= 11 is 6.38. The molecule has 0 aliphatic carbocycles. The van der Waals surface area contributed by atoms with Crippen molar-refractivity contribution in [3.63, 3.8) is 0 Å². The van der Waals surface area contributed by atoms with Crippen LogP contribution in [0, 0.1) is 13.8 Å². The van der Waals surface area contributed by atoms with Gasteiger partial charge in [0.15, 0.2) is 5.96 Å². The maximum absolute atomic E-state index is 6.38. The first kappa shape index (κ1) is 22.4. The third kappa shape index (κ3) is 5.26. The van der Waals surface area contributed by atoms with Gasteiger partial charge in [-0.3, -0.25) is 4.68 Å². The van der Waals surface area contributed by atoms with Crippen LogP contribution in [0.2, 0.25) is 5.02 Å². The molecule has 0 atom stereocenters. The van der Waals surface area contributed by atoms with E-state index in [9.17, 15) is 0 Å². The number of ether oxygens (including phenoxy) is 1. The number of para-hydroxylation sites is 1. The van der Waals surface area contributed by atoms with Crippen molar-refractivity contribution in [2.24, 2.45) is 4.99 Å². The van der Waals surface area contributed by atoms with Gasteiger partial charge in [-0.15, -0.1) is 0 Å². The van der Waals surface area contributed by atoms with Crippen molar-refractivity contribution < 1.29 is 4.74 Å². The van der Waals surface area contributed by atoms with Crippen molar-refractivity contribution in [3.05, 3.63) is 46.2 Å². The topological polar surface area (TPSA) is 57.9 Å². The molecular formula is C22H33ClN6O. The molecule has 1 aliphatic heterocycles. The van der Waals surface area contributed by atoms with E-state index in [0.717, 1.165) is 67.3 Å². The van der Waals surface area contributed by atoms with Crippen LogP contribution in [0.3, 0.4) is 0 Å². The molecule has 0 unspecified atom stereocenters. The Bertz CT molecular complexity index is 857. The van der Waals surface area contributed by atoms with Gasteiger partial charge in [-0.2, -0.15) is 5.10 Å². The van der Waals surface area contributed by atoms with Gasteiger partial charge in [-0.05, 0) is 32.9 Å². The van der Waals surface area contributed by atoms with Gasteiger partial charge in [0, 0.05) is 51.1 Å². The summed E-state index contributed by atoms with van der Waals surface area (Å²) in [6.45, 7) is 12.8. The quantitative estimate of drug-likeness (QED) is 0.538. The highest BCUT2D eigenvalue weighted by Gasteiger charge is 2.21. The maximum atomic E-state index is 6.38. The number of aliphatic imine (C=N–C) groups is 1. The lowest BCUT2D eigenvalue weighted by molar-refractivity contribution is 0.182. The standard InChI is InChI=1S/C22H33ClN6O/c1-5-24-22(25-16-19-17(2)26-29(18(19)3)14-15-30-4)28-12-10-27(11-13-28)21-9-7-6-8-20(21)23/h6-9H,5,10-16H2,1-4H3,(H,24,25). The van der Waals surface area contributed by atoms with E-state index < -0.39 is 0 Å². The fourth-order valence-electron chi connectivity index (χ4n) is 3.81. The second-order valence-electron chi connectivity index (χ2n) is 7.46. The number of hydrogen-bond acceptors (Lipinski definition) is 4. The van der Waals surface area contributed by atoms with Crippen LogP contribution in [0.1, 0.15) is 23.9 Å². The molecule has 164 valence electrons. The van der Waals surface area contributed by atoms with E-state index in [1.165, 1.54) is 5.56 Å². The Morgan fingerprint density at radius 1 is 1.20 bits per heavy atom. The van der Waals surface area contributed by atoms with Crippen molar-refractivity contribution in [1.29, 1.82) is 0 Å². The van der Waals surface area contributed by atoms with Gasteiger partial charge in [0.05, 0.1) is 36.1 Å². The zero-order valence-electron chi connectivity index (χ0n) is 18.5. The number of halogens is 1. The van der Waals surface area contributed by atoms with Crippen LogP contribution in [0.4, 0.5) is 5.69 Å². The van der Waals surface area contributed by atoms with E-state index in [1.807, 2.05) is 22.9 Å². The fraction of sp³-hybridized carbons (Fsp3) is 0.545. The zero-order chi connectivity index (χ0) is 21.5. The van der Waals surface area contributed by atoms with Crippen molar-refractivity contribution in [3.8, 4) is 0 Å². The Labute approximate surface area is 184 Å². The maximum Gasteiger partial charge on any atom is 0.194 e. The number of aryl methyl sites for hydroxylation is 1. The number of guanidine groups is 1. The minimum Gasteiger partial charge on any atom is -0.383 e. The highest BCUT2D eigenvalue weighted by atomic mass is 35.5. The van der Waals surface area contributed by atoms with Gasteiger partial charge in [-0.1, -0.05) is 23.7 Å². The van der Waals surface area contributed by atoms with Gasteiger partial charge in [-0.25, -0.2) is 4.99 Å². The first-order valence-corrected chi connectivity index (χ1v) is 11.0. The Balaban J connectivity index is 1.67. The van der Waals surface area contributed by atoms with E-state index in [2.05, 4.69) is 47.1 Å². The monoisotopic (exact) mass is 432 g/mol. The number of methoxy groups -OCH3 is 1. The number of hydrogen-bond donors (Lipinski definition) is 1. The Kier molecular flexibility index (Phi) is 7.99. The van der Waals surface area contributed by atoms with Crippen LogP contribution in [0.5, 0.6) is 0 Å². The number of nitrogens with zero attached hydrogens (tertiary/aromatic N) is 5. The fourth-order valence-corrected chi connectivity index (χ4v) is 4.06. The molecule has 1 aliphatic rings. The molecule has 7 nitrogen and oxygen atoms in total. The summed E-state index contributed by atoms with van der Waals surface area (Å²) in [4.78, 5) is 9.61. The molecule has 0 amide bonds. The summed E-state index contributed by atoms with van der Waals surface area (Å²) in [7, 11) is 1.71. The van der Waals surface area contributed by atoms with Crippen molar-refractivity contribution in [2.45, 2.75) is 33.9 Å². The number of piperazine rings is 1. The van der Waals surface area contributed by atoms with E-state index in [4.69, 9.17) is 21.3 Å². The van der Waals surface area contributed by atoms with E-state index in [1.54, 1.807) is 7.11 Å². The minimum atomic E-state index is 0.623. The molecule has 30 heavy (non-hydrogen) atoms. The van der Waals surface area contributed by atoms with Crippen molar-refractivity contribution in [2.75, 3.05) is 51.3 Å². The SMILES string of the molecule is CCNC(=NCc1c(C)nn(CCOC)c1C)N1CCN(c2ccccc2Cl)CC1. The molecule has 0 radical (unpaired) electrons. The van der Waals surface area contributed by atoms with Crippen LogP contribution in [0.25, 0.3) is 0 Å². The Hall–Kier alpha value is -2.25. The minimum absolute atomic E-state index is 0.623. The predicted molar refractivity (Wildman–Crippen MR) is 124 cm³/mol. The molecule has 2 aromatic rings. The number of rotatable bonds is 7. The average Bonchev–Trinajstić information content (AvgIpc) is 3.03. The lowest BCUT2D eigenvalue weighted by Crippen LogP contribution is -2.52. The molecule has 1 fully saturated rings. The van der Waals surface area contributed by atoms with Gasteiger partial charge in [0.2, 0.25) is 0 Å². The normalized spacial score (nSPS) is 15.0. The zero-order valence-corrected chi connectivity index (χ0v) is 19.2. The molecule has 0 bridgehead atoms. The first-order chi connectivity index (χ1) is 14.5. The number of aromatic nitrogens is 2. The van der Waals surface area contributed by atoms with Gasteiger partial charge < -0.3 is 19.9 Å². The predicted octanol–water partition coefficient (Wildman–Crippen LogP) is 3.09. The lowest BCUT2D eigenvalue weighted by atomic mass is 10.2. The number of benzene rings is 1. The highest BCUT2D eigenvalue weighted by molar-refractivity contribution is 6.33. The molecule has 3 rings (SSSR count). The van der Waals surface area contributed by atoms with Crippen LogP contribution >= 0.6 is 11.6 Å². The average molecular weight is 433 g/mol. The van der Waals surface area contributed by atoms with Gasteiger partial charge in [0.1, 0.15) is 0 Å². The summed E-state index contributed by atoms with van der Waals surface area (Å²) in [5.41, 5.74) is 4.49. The molecule has 1 saturated heterocycles. The number of nitrogens with one attached hydrogen (secondary N) is 1. The largest absolute Gasteiger partial charge is 0.383 e.